The van der Waals surface area contributed by atoms with Gasteiger partial charge in [0, 0.05) is 12.1 Å². The van der Waals surface area contributed by atoms with Crippen molar-refractivity contribution in [2.75, 3.05) is 0 Å². The highest BCUT2D eigenvalue weighted by atomic mass is 15.0. The Kier molecular flexibility index (Phi) is 4.51. The highest BCUT2D eigenvalue weighted by Gasteiger charge is 2.16. The van der Waals surface area contributed by atoms with Crippen LogP contribution in [-0.2, 0) is 0 Å². The summed E-state index contributed by atoms with van der Waals surface area (Å²) in [5.41, 5.74) is 1.45. The van der Waals surface area contributed by atoms with E-state index in [2.05, 4.69) is 32.2 Å². The fraction of sp³-hybridized carbons (Fsp3) is 0.833. The molecule has 0 aromatic rings. The van der Waals surface area contributed by atoms with Crippen molar-refractivity contribution in [3.05, 3.63) is 11.6 Å². The van der Waals surface area contributed by atoms with Gasteiger partial charge in [-0.2, -0.15) is 0 Å². The summed E-state index contributed by atoms with van der Waals surface area (Å²) in [6, 6.07) is 1.52. The maximum absolute atomic E-state index is 3.66. The third-order valence-electron chi connectivity index (χ3n) is 2.78. The van der Waals surface area contributed by atoms with Crippen LogP contribution in [0.4, 0.5) is 0 Å². The second-order valence-electron chi connectivity index (χ2n) is 4.55. The van der Waals surface area contributed by atoms with Crippen molar-refractivity contribution in [1.29, 1.82) is 0 Å². The second kappa shape index (κ2) is 5.43. The van der Waals surface area contributed by atoms with Crippen molar-refractivity contribution in [2.45, 2.75) is 65.0 Å². The molecular weight excluding hydrogens is 158 g/mol. The highest BCUT2D eigenvalue weighted by molar-refractivity contribution is 4.93. The van der Waals surface area contributed by atoms with E-state index >= 15 is 0 Å². The minimum Gasteiger partial charge on any atom is -0.311 e. The first-order valence-corrected chi connectivity index (χ1v) is 5.58. The van der Waals surface area contributed by atoms with Gasteiger partial charge >= 0.3 is 0 Å². The van der Waals surface area contributed by atoms with Crippen LogP contribution in [0.1, 0.15) is 52.9 Å². The molecule has 2 atom stereocenters. The lowest BCUT2D eigenvalue weighted by Gasteiger charge is -2.28. The summed E-state index contributed by atoms with van der Waals surface area (Å²) in [5.74, 6) is 0. The molecule has 76 valence electrons. The Labute approximate surface area is 82.6 Å². The van der Waals surface area contributed by atoms with Crippen LogP contribution < -0.4 is 5.32 Å². The van der Waals surface area contributed by atoms with Crippen molar-refractivity contribution in [1.82, 2.24) is 5.32 Å². The Bertz CT molecular complexity index is 168. The molecule has 0 unspecified atom stereocenters. The maximum atomic E-state index is 3.66. The fourth-order valence-electron chi connectivity index (χ4n) is 2.04. The summed E-state index contributed by atoms with van der Waals surface area (Å²) >= 11 is 0. The van der Waals surface area contributed by atoms with Crippen LogP contribution in [0, 0.1) is 0 Å². The third-order valence-corrected chi connectivity index (χ3v) is 2.78. The zero-order valence-corrected chi connectivity index (χ0v) is 9.27. The largest absolute Gasteiger partial charge is 0.311 e. The van der Waals surface area contributed by atoms with Crippen molar-refractivity contribution < 1.29 is 0 Å². The van der Waals surface area contributed by atoms with E-state index in [9.17, 15) is 0 Å². The molecule has 0 bridgehead atoms. The fourth-order valence-corrected chi connectivity index (χ4v) is 2.04. The van der Waals surface area contributed by atoms with Gasteiger partial charge in [0.2, 0.25) is 0 Å². The molecule has 1 nitrogen and oxygen atoms in total. The molecule has 1 fully saturated rings. The summed E-state index contributed by atoms with van der Waals surface area (Å²) in [4.78, 5) is 0. The number of allylic oxidation sites excluding steroid dienone is 2. The summed E-state index contributed by atoms with van der Waals surface area (Å²) in [6.07, 6.45) is 9.05. The molecule has 13 heavy (non-hydrogen) atoms. The first-order valence-electron chi connectivity index (χ1n) is 5.58. The van der Waals surface area contributed by atoms with Gasteiger partial charge in [0.25, 0.3) is 0 Å². The Balaban J connectivity index is 2.17. The maximum Gasteiger partial charge on any atom is 0.00725 e. The molecule has 1 saturated heterocycles. The number of rotatable bonds is 3. The molecule has 1 N–H and O–H groups in total. The van der Waals surface area contributed by atoms with Gasteiger partial charge in [-0.05, 0) is 46.5 Å². The molecule has 1 heteroatoms. The van der Waals surface area contributed by atoms with Crippen LogP contribution in [0.5, 0.6) is 0 Å². The summed E-state index contributed by atoms with van der Waals surface area (Å²) < 4.78 is 0. The molecule has 0 amide bonds. The standard InChI is InChI=1S/C12H23N/c1-10(2)6-4-8-12-9-5-7-11(3)13-12/h6,11-13H,4-5,7-9H2,1-3H3/t11-,12+/m0/s1. The van der Waals surface area contributed by atoms with E-state index in [1.165, 1.54) is 37.7 Å². The Morgan fingerprint density at radius 1 is 1.38 bits per heavy atom. The van der Waals surface area contributed by atoms with Crippen LogP contribution in [0.3, 0.4) is 0 Å². The predicted molar refractivity (Wildman–Crippen MR) is 58.9 cm³/mol. The van der Waals surface area contributed by atoms with Crippen LogP contribution >= 0.6 is 0 Å². The SMILES string of the molecule is CC(C)=CCC[C@@H]1CCC[C@H](C)N1. The predicted octanol–water partition coefficient (Wildman–Crippen LogP) is 3.26. The number of hydrogen-bond acceptors (Lipinski definition) is 1. The highest BCUT2D eigenvalue weighted by Crippen LogP contribution is 2.16. The summed E-state index contributed by atoms with van der Waals surface area (Å²) in [5, 5.41) is 3.66. The third kappa shape index (κ3) is 4.47. The average molecular weight is 181 g/mol. The van der Waals surface area contributed by atoms with Crippen molar-refractivity contribution in [3.8, 4) is 0 Å². The molecule has 1 rings (SSSR count). The minimum atomic E-state index is 0.741. The van der Waals surface area contributed by atoms with E-state index in [0.29, 0.717) is 0 Å². The molecule has 0 saturated carbocycles. The molecule has 1 aliphatic rings. The topological polar surface area (TPSA) is 12.0 Å². The van der Waals surface area contributed by atoms with Gasteiger partial charge in [-0.1, -0.05) is 18.1 Å². The van der Waals surface area contributed by atoms with E-state index in [1.54, 1.807) is 0 Å². The smallest absolute Gasteiger partial charge is 0.00725 e. The normalized spacial score (nSPS) is 28.5. The Morgan fingerprint density at radius 3 is 2.77 bits per heavy atom. The molecule has 0 radical (unpaired) electrons. The van der Waals surface area contributed by atoms with Crippen LogP contribution in [0.25, 0.3) is 0 Å². The van der Waals surface area contributed by atoms with Crippen LogP contribution in [-0.4, -0.2) is 12.1 Å². The van der Waals surface area contributed by atoms with E-state index < -0.39 is 0 Å². The molecule has 0 aliphatic carbocycles. The van der Waals surface area contributed by atoms with E-state index in [4.69, 9.17) is 0 Å². The number of nitrogens with one attached hydrogen (secondary N) is 1. The minimum absolute atomic E-state index is 0.741. The zero-order valence-electron chi connectivity index (χ0n) is 9.27. The van der Waals surface area contributed by atoms with Gasteiger partial charge in [0.1, 0.15) is 0 Å². The molecule has 1 heterocycles. The molecule has 1 aliphatic heterocycles. The molecule has 0 aromatic carbocycles. The van der Waals surface area contributed by atoms with Crippen molar-refractivity contribution in [3.63, 3.8) is 0 Å². The van der Waals surface area contributed by atoms with Gasteiger partial charge in [-0.15, -0.1) is 0 Å². The van der Waals surface area contributed by atoms with Crippen molar-refractivity contribution >= 4 is 0 Å². The van der Waals surface area contributed by atoms with E-state index in [-0.39, 0.29) is 0 Å². The lowest BCUT2D eigenvalue weighted by atomic mass is 9.96. The zero-order chi connectivity index (χ0) is 9.68. The van der Waals surface area contributed by atoms with Crippen molar-refractivity contribution in [2.24, 2.45) is 0 Å². The number of hydrogen-bond donors (Lipinski definition) is 1. The number of piperidine rings is 1. The molecular formula is C12H23N. The lowest BCUT2D eigenvalue weighted by molar-refractivity contribution is 0.323. The second-order valence-corrected chi connectivity index (χ2v) is 4.55. The van der Waals surface area contributed by atoms with Gasteiger partial charge in [0.15, 0.2) is 0 Å². The average Bonchev–Trinajstić information content (AvgIpc) is 2.03. The Hall–Kier alpha value is -0.300. The summed E-state index contributed by atoms with van der Waals surface area (Å²) in [6.45, 7) is 6.65. The first kappa shape index (κ1) is 10.8. The van der Waals surface area contributed by atoms with Gasteiger partial charge in [-0.25, -0.2) is 0 Å². The van der Waals surface area contributed by atoms with E-state index in [0.717, 1.165) is 12.1 Å². The van der Waals surface area contributed by atoms with E-state index in [1.807, 2.05) is 0 Å². The Morgan fingerprint density at radius 2 is 2.15 bits per heavy atom. The quantitative estimate of drug-likeness (QED) is 0.659. The van der Waals surface area contributed by atoms with Crippen LogP contribution in [0.2, 0.25) is 0 Å². The molecule has 0 aromatic heterocycles. The van der Waals surface area contributed by atoms with Crippen LogP contribution in [0.15, 0.2) is 11.6 Å². The summed E-state index contributed by atoms with van der Waals surface area (Å²) in [7, 11) is 0. The lowest BCUT2D eigenvalue weighted by Crippen LogP contribution is -2.40. The monoisotopic (exact) mass is 181 g/mol. The van der Waals surface area contributed by atoms with Gasteiger partial charge in [-0.3, -0.25) is 0 Å². The van der Waals surface area contributed by atoms with Gasteiger partial charge in [0.05, 0.1) is 0 Å². The van der Waals surface area contributed by atoms with Gasteiger partial charge < -0.3 is 5.32 Å². The first-order chi connectivity index (χ1) is 6.18. The molecule has 0 spiro atoms.